The van der Waals surface area contributed by atoms with Gasteiger partial charge in [0.2, 0.25) is 0 Å². The van der Waals surface area contributed by atoms with Crippen molar-refractivity contribution in [1.29, 1.82) is 0 Å². The molecule has 11 heteroatoms. The Labute approximate surface area is 197 Å². The Bertz CT molecular complexity index is 1270. The molecule has 1 aromatic heterocycles. The minimum atomic E-state index is -4.86. The number of nitrogens with zero attached hydrogens (tertiary/aromatic N) is 2. The predicted molar refractivity (Wildman–Crippen MR) is 116 cm³/mol. The summed E-state index contributed by atoms with van der Waals surface area (Å²) in [6.07, 6.45) is -4.91. The largest absolute Gasteiger partial charge is 0.478 e. The maximum atomic E-state index is 14.0. The average molecular weight is 498 g/mol. The Morgan fingerprint density at radius 1 is 1.21 bits per heavy atom. The second-order valence-electron chi connectivity index (χ2n) is 7.79. The molecule has 2 N–H and O–H groups in total. The van der Waals surface area contributed by atoms with Crippen LogP contribution in [0.1, 0.15) is 61.8 Å². The Morgan fingerprint density at radius 3 is 2.44 bits per heavy atom. The van der Waals surface area contributed by atoms with Crippen LogP contribution in [0.4, 0.5) is 17.6 Å². The number of hydrogen-bond acceptors (Lipinski definition) is 3. The third-order valence-electron chi connectivity index (χ3n) is 5.28. The molecule has 0 saturated carbocycles. The van der Waals surface area contributed by atoms with Crippen molar-refractivity contribution < 1.29 is 32.3 Å². The molecule has 0 aliphatic carbocycles. The summed E-state index contributed by atoms with van der Waals surface area (Å²) in [7, 11) is 1.10. The number of aryl methyl sites for hydroxylation is 2. The third-order valence-corrected chi connectivity index (χ3v) is 5.70. The molecule has 0 spiro atoms. The molecule has 1 amide bonds. The highest BCUT2D eigenvalue weighted by Gasteiger charge is 2.41. The molecule has 0 aliphatic heterocycles. The van der Waals surface area contributed by atoms with Gasteiger partial charge < -0.3 is 10.4 Å². The number of hydrogen-bond donors (Lipinski definition) is 2. The van der Waals surface area contributed by atoms with Crippen LogP contribution in [0.15, 0.2) is 36.4 Å². The van der Waals surface area contributed by atoms with Crippen LogP contribution in [0, 0.1) is 12.7 Å². The lowest BCUT2D eigenvalue weighted by atomic mass is 10.0. The number of benzene rings is 2. The van der Waals surface area contributed by atoms with Crippen LogP contribution in [0.5, 0.6) is 0 Å². The van der Waals surface area contributed by atoms with Gasteiger partial charge in [0.15, 0.2) is 5.69 Å². The number of carboxylic acids is 1. The molecule has 0 unspecified atom stereocenters. The topological polar surface area (TPSA) is 84.2 Å². The number of aromatic nitrogens is 2. The minimum Gasteiger partial charge on any atom is -0.478 e. The first kappa shape index (κ1) is 25.2. The highest BCUT2D eigenvalue weighted by molar-refractivity contribution is 6.31. The van der Waals surface area contributed by atoms with Gasteiger partial charge in [-0.05, 0) is 48.7 Å². The third kappa shape index (κ3) is 5.22. The van der Waals surface area contributed by atoms with Gasteiger partial charge in [-0.1, -0.05) is 29.8 Å². The molecule has 3 rings (SSSR count). The molecule has 0 fully saturated rings. The van der Waals surface area contributed by atoms with Crippen molar-refractivity contribution in [1.82, 2.24) is 15.1 Å². The Hall–Kier alpha value is -3.40. The summed E-state index contributed by atoms with van der Waals surface area (Å²) in [5.41, 5.74) is -0.992. The summed E-state index contributed by atoms with van der Waals surface area (Å²) in [6.45, 7) is 3.19. The van der Waals surface area contributed by atoms with Crippen molar-refractivity contribution in [3.8, 4) is 0 Å². The van der Waals surface area contributed by atoms with E-state index < -0.39 is 46.7 Å². The number of halogens is 5. The first-order valence-corrected chi connectivity index (χ1v) is 10.4. The van der Waals surface area contributed by atoms with Gasteiger partial charge in [-0.15, -0.1) is 0 Å². The highest BCUT2D eigenvalue weighted by Crippen LogP contribution is 2.34. The van der Waals surface area contributed by atoms with Crippen molar-refractivity contribution in [2.45, 2.75) is 32.5 Å². The van der Waals surface area contributed by atoms with E-state index in [1.54, 1.807) is 25.1 Å². The molecule has 0 saturated heterocycles. The summed E-state index contributed by atoms with van der Waals surface area (Å²) in [5.74, 6) is -3.54. The fraction of sp³-hybridized carbons (Fsp3) is 0.261. The number of nitrogens with one attached hydrogen (secondary N) is 1. The summed E-state index contributed by atoms with van der Waals surface area (Å²) in [5, 5.41) is 15.8. The van der Waals surface area contributed by atoms with Crippen molar-refractivity contribution in [3.05, 3.63) is 86.4 Å². The van der Waals surface area contributed by atoms with E-state index in [-0.39, 0.29) is 17.7 Å². The first-order valence-electron chi connectivity index (χ1n) is 10.0. The lowest BCUT2D eigenvalue weighted by molar-refractivity contribution is -0.144. The zero-order valence-corrected chi connectivity index (χ0v) is 19.1. The number of amides is 1. The molecule has 0 aliphatic rings. The van der Waals surface area contributed by atoms with Gasteiger partial charge >= 0.3 is 12.1 Å². The smallest absolute Gasteiger partial charge is 0.433 e. The quantitative estimate of drug-likeness (QED) is 0.451. The maximum Gasteiger partial charge on any atom is 0.433 e. The van der Waals surface area contributed by atoms with E-state index in [9.17, 15) is 27.2 Å². The Morgan fingerprint density at radius 2 is 1.88 bits per heavy atom. The molecule has 1 heterocycles. The van der Waals surface area contributed by atoms with E-state index in [0.29, 0.717) is 15.3 Å². The van der Waals surface area contributed by atoms with Crippen LogP contribution >= 0.6 is 11.6 Å². The molecule has 0 bridgehead atoms. The second kappa shape index (κ2) is 9.46. The van der Waals surface area contributed by atoms with Gasteiger partial charge in [-0.2, -0.15) is 18.3 Å². The van der Waals surface area contributed by atoms with E-state index >= 15 is 0 Å². The number of aromatic carboxylic acids is 1. The summed E-state index contributed by atoms with van der Waals surface area (Å²) >= 11 is 6.02. The second-order valence-corrected chi connectivity index (χ2v) is 8.20. The van der Waals surface area contributed by atoms with Crippen LogP contribution in [-0.4, -0.2) is 26.8 Å². The normalized spacial score (nSPS) is 12.5. The number of carboxylic acid groups (broad SMARTS) is 1. The summed E-state index contributed by atoms with van der Waals surface area (Å²) in [6, 6.07) is 7.24. The molecule has 180 valence electrons. The molecule has 6 nitrogen and oxygen atoms in total. The molecular formula is C23H20ClF4N3O3. The van der Waals surface area contributed by atoms with Crippen LogP contribution in [0.2, 0.25) is 5.02 Å². The van der Waals surface area contributed by atoms with Crippen LogP contribution < -0.4 is 5.32 Å². The van der Waals surface area contributed by atoms with Gasteiger partial charge in [0.25, 0.3) is 5.91 Å². The first-order chi connectivity index (χ1) is 15.8. The van der Waals surface area contributed by atoms with Crippen molar-refractivity contribution in [2.24, 2.45) is 7.05 Å². The van der Waals surface area contributed by atoms with E-state index in [1.807, 2.05) is 0 Å². The van der Waals surface area contributed by atoms with Gasteiger partial charge in [-0.3, -0.25) is 9.48 Å². The molecule has 1 atom stereocenters. The monoisotopic (exact) mass is 497 g/mol. The molecule has 3 aromatic rings. The van der Waals surface area contributed by atoms with E-state index in [2.05, 4.69) is 10.4 Å². The molecule has 0 radical (unpaired) electrons. The van der Waals surface area contributed by atoms with E-state index in [0.717, 1.165) is 24.7 Å². The minimum absolute atomic E-state index is 0.0546. The maximum absolute atomic E-state index is 14.0. The molecule has 34 heavy (non-hydrogen) atoms. The van der Waals surface area contributed by atoms with Crippen LogP contribution in [0.3, 0.4) is 0 Å². The number of carbonyl (C=O) groups is 2. The summed E-state index contributed by atoms with van der Waals surface area (Å²) in [4.78, 5) is 24.0. The zero-order chi connectivity index (χ0) is 25.4. The average Bonchev–Trinajstić information content (AvgIpc) is 3.06. The van der Waals surface area contributed by atoms with E-state index in [4.69, 9.17) is 16.7 Å². The van der Waals surface area contributed by atoms with Crippen LogP contribution in [-0.2, 0) is 19.6 Å². The standard InChI is InChI=1S/C23H20ClF4N3O3/c1-11-8-13(4-7-16(11)24)9-18-19(20(23(26,27)28)31(3)30-18)21(32)29-12(2)14-5-6-15(22(33)34)17(25)10-14/h4-8,10,12H,9H2,1-3H3,(H,29,32)(H,33,34)/t12-/m0/s1. The van der Waals surface area contributed by atoms with Crippen molar-refractivity contribution in [3.63, 3.8) is 0 Å². The number of carbonyl (C=O) groups excluding carboxylic acids is 1. The van der Waals surface area contributed by atoms with Gasteiger partial charge in [0.05, 0.1) is 22.9 Å². The number of alkyl halides is 3. The summed E-state index contributed by atoms with van der Waals surface area (Å²) < 4.78 is 56.1. The Kier molecular flexibility index (Phi) is 7.02. The predicted octanol–water partition coefficient (Wildman–Crippen LogP) is 5.32. The van der Waals surface area contributed by atoms with Crippen molar-refractivity contribution in [2.75, 3.05) is 0 Å². The van der Waals surface area contributed by atoms with Crippen molar-refractivity contribution >= 4 is 23.5 Å². The number of rotatable bonds is 6. The van der Waals surface area contributed by atoms with E-state index in [1.165, 1.54) is 13.0 Å². The molecular weight excluding hydrogens is 478 g/mol. The lowest BCUT2D eigenvalue weighted by Crippen LogP contribution is -2.30. The van der Waals surface area contributed by atoms with Gasteiger partial charge in [0.1, 0.15) is 5.82 Å². The molecule has 2 aromatic carbocycles. The van der Waals surface area contributed by atoms with Gasteiger partial charge in [0, 0.05) is 18.5 Å². The highest BCUT2D eigenvalue weighted by atomic mass is 35.5. The fourth-order valence-corrected chi connectivity index (χ4v) is 3.72. The van der Waals surface area contributed by atoms with Gasteiger partial charge in [-0.25, -0.2) is 9.18 Å². The zero-order valence-electron chi connectivity index (χ0n) is 18.3. The van der Waals surface area contributed by atoms with Crippen LogP contribution in [0.25, 0.3) is 0 Å². The lowest BCUT2D eigenvalue weighted by Gasteiger charge is -2.17. The fourth-order valence-electron chi connectivity index (χ4n) is 3.60. The Balaban J connectivity index is 1.97. The SMILES string of the molecule is Cc1cc(Cc2nn(C)c(C(F)(F)F)c2C(=O)N[C@@H](C)c2ccc(C(=O)O)c(F)c2)ccc1Cl.